The van der Waals surface area contributed by atoms with Gasteiger partial charge in [-0.05, 0) is 36.4 Å². The fourth-order valence-electron chi connectivity index (χ4n) is 2.74. The number of nitrogens with one attached hydrogen (secondary N) is 1. The first-order valence-electron chi connectivity index (χ1n) is 6.36. The summed E-state index contributed by atoms with van der Waals surface area (Å²) in [7, 11) is 0. The van der Waals surface area contributed by atoms with Crippen molar-refractivity contribution in [2.24, 2.45) is 0 Å². The van der Waals surface area contributed by atoms with Gasteiger partial charge in [0.15, 0.2) is 0 Å². The Hall–Kier alpha value is -1.09. The van der Waals surface area contributed by atoms with Gasteiger partial charge in [0.25, 0.3) is 0 Å². The molecule has 0 aromatic heterocycles. The normalized spacial score (nSPS) is 21.3. The van der Waals surface area contributed by atoms with Gasteiger partial charge in [-0.3, -0.25) is 0 Å². The van der Waals surface area contributed by atoms with Crippen molar-refractivity contribution < 1.29 is 5.11 Å². The highest BCUT2D eigenvalue weighted by molar-refractivity contribution is 6.35. The summed E-state index contributed by atoms with van der Waals surface area (Å²) in [6.45, 7) is 0.993. The van der Waals surface area contributed by atoms with Crippen LogP contribution in [0.4, 0.5) is 0 Å². The van der Waals surface area contributed by atoms with Gasteiger partial charge >= 0.3 is 0 Å². The minimum absolute atomic E-state index is 0.162. The summed E-state index contributed by atoms with van der Waals surface area (Å²) in [6, 6.07) is 11.9. The van der Waals surface area contributed by atoms with Crippen molar-refractivity contribution in [3.05, 3.63) is 47.0 Å². The van der Waals surface area contributed by atoms with E-state index < -0.39 is 6.10 Å². The molecule has 94 valence electrons. The van der Waals surface area contributed by atoms with E-state index in [9.17, 15) is 5.11 Å². The van der Waals surface area contributed by atoms with Gasteiger partial charge in [-0.15, -0.1) is 0 Å². The van der Waals surface area contributed by atoms with Gasteiger partial charge in [0.1, 0.15) is 0 Å². The number of hydrogen-bond donors (Lipinski definition) is 2. The average molecular weight is 262 g/mol. The Balaban J connectivity index is 2.08. The molecule has 0 amide bonds. The number of fused-ring (bicyclic) bond motifs is 1. The molecule has 2 nitrogen and oxygen atoms in total. The smallest absolute Gasteiger partial charge is 0.0948 e. The topological polar surface area (TPSA) is 32.3 Å². The second kappa shape index (κ2) is 4.88. The lowest BCUT2D eigenvalue weighted by Crippen LogP contribution is -2.28. The number of benzene rings is 2. The molecule has 0 spiro atoms. The second-order valence-corrected chi connectivity index (χ2v) is 5.24. The maximum Gasteiger partial charge on any atom is 0.0948 e. The SMILES string of the molecule is OC(c1ccc(Cl)c2ccccc12)C1CCCN1. The third-order valence-electron chi connectivity index (χ3n) is 3.70. The molecule has 2 N–H and O–H groups in total. The fourth-order valence-corrected chi connectivity index (χ4v) is 2.97. The van der Waals surface area contributed by atoms with E-state index in [0.29, 0.717) is 0 Å². The Morgan fingerprint density at radius 1 is 1.17 bits per heavy atom. The van der Waals surface area contributed by atoms with Crippen molar-refractivity contribution in [2.75, 3.05) is 6.54 Å². The molecule has 1 fully saturated rings. The number of aliphatic hydroxyl groups excluding tert-OH is 1. The summed E-state index contributed by atoms with van der Waals surface area (Å²) in [5.74, 6) is 0. The monoisotopic (exact) mass is 261 g/mol. The molecule has 0 saturated carbocycles. The molecule has 1 aliphatic rings. The van der Waals surface area contributed by atoms with Crippen molar-refractivity contribution in [2.45, 2.75) is 25.0 Å². The van der Waals surface area contributed by atoms with E-state index in [0.717, 1.165) is 40.7 Å². The van der Waals surface area contributed by atoms with Gasteiger partial charge in [-0.2, -0.15) is 0 Å². The van der Waals surface area contributed by atoms with Crippen LogP contribution in [0.25, 0.3) is 10.8 Å². The number of rotatable bonds is 2. The zero-order valence-corrected chi connectivity index (χ0v) is 10.8. The second-order valence-electron chi connectivity index (χ2n) is 4.83. The van der Waals surface area contributed by atoms with Crippen molar-refractivity contribution >= 4 is 22.4 Å². The Kier molecular flexibility index (Phi) is 3.25. The number of aliphatic hydroxyl groups is 1. The molecular weight excluding hydrogens is 246 g/mol. The zero-order chi connectivity index (χ0) is 12.5. The molecule has 2 unspecified atom stereocenters. The van der Waals surface area contributed by atoms with Crippen molar-refractivity contribution in [1.29, 1.82) is 0 Å². The molecule has 1 aliphatic heterocycles. The first kappa shape index (κ1) is 12.0. The molecule has 0 bridgehead atoms. The van der Waals surface area contributed by atoms with Crippen LogP contribution >= 0.6 is 11.6 Å². The maximum absolute atomic E-state index is 10.5. The molecule has 18 heavy (non-hydrogen) atoms. The van der Waals surface area contributed by atoms with Gasteiger partial charge in [0, 0.05) is 16.5 Å². The lowest BCUT2D eigenvalue weighted by atomic mass is 9.95. The first-order valence-corrected chi connectivity index (χ1v) is 6.74. The van der Waals surface area contributed by atoms with Gasteiger partial charge in [-0.25, -0.2) is 0 Å². The highest BCUT2D eigenvalue weighted by Crippen LogP contribution is 2.32. The zero-order valence-electron chi connectivity index (χ0n) is 10.1. The Bertz CT molecular complexity index is 563. The van der Waals surface area contributed by atoms with Crippen LogP contribution in [0.5, 0.6) is 0 Å². The predicted octanol–water partition coefficient (Wildman–Crippen LogP) is 3.28. The van der Waals surface area contributed by atoms with Gasteiger partial charge < -0.3 is 10.4 Å². The van der Waals surface area contributed by atoms with E-state index in [1.54, 1.807) is 0 Å². The number of halogens is 1. The van der Waals surface area contributed by atoms with Crippen molar-refractivity contribution in [3.8, 4) is 0 Å². The van der Waals surface area contributed by atoms with E-state index in [1.807, 2.05) is 36.4 Å². The Labute approximate surface area is 112 Å². The molecule has 2 aromatic rings. The summed E-state index contributed by atoms with van der Waals surface area (Å²) in [5.41, 5.74) is 0.967. The Morgan fingerprint density at radius 2 is 1.94 bits per heavy atom. The quantitative estimate of drug-likeness (QED) is 0.870. The van der Waals surface area contributed by atoms with Crippen LogP contribution in [0.3, 0.4) is 0 Å². The van der Waals surface area contributed by atoms with Crippen LogP contribution in [-0.2, 0) is 0 Å². The third-order valence-corrected chi connectivity index (χ3v) is 4.03. The van der Waals surface area contributed by atoms with E-state index in [1.165, 1.54) is 0 Å². The van der Waals surface area contributed by atoms with Crippen LogP contribution < -0.4 is 5.32 Å². The molecule has 1 heterocycles. The molecule has 3 heteroatoms. The van der Waals surface area contributed by atoms with E-state index >= 15 is 0 Å². The first-order chi connectivity index (χ1) is 8.77. The van der Waals surface area contributed by atoms with E-state index in [2.05, 4.69) is 5.32 Å². The Morgan fingerprint density at radius 3 is 2.67 bits per heavy atom. The summed E-state index contributed by atoms with van der Waals surface area (Å²) in [5, 5.41) is 16.6. The minimum Gasteiger partial charge on any atom is -0.387 e. The molecule has 2 atom stereocenters. The van der Waals surface area contributed by atoms with Crippen molar-refractivity contribution in [1.82, 2.24) is 5.32 Å². The van der Waals surface area contributed by atoms with E-state index in [-0.39, 0.29) is 6.04 Å². The van der Waals surface area contributed by atoms with Crippen LogP contribution in [-0.4, -0.2) is 17.7 Å². The summed E-state index contributed by atoms with van der Waals surface area (Å²) in [4.78, 5) is 0. The third kappa shape index (κ3) is 2.01. The molecule has 3 rings (SSSR count). The average Bonchev–Trinajstić information content (AvgIpc) is 2.93. The highest BCUT2D eigenvalue weighted by Gasteiger charge is 2.25. The lowest BCUT2D eigenvalue weighted by Gasteiger charge is -2.20. The molecule has 2 aromatic carbocycles. The largest absolute Gasteiger partial charge is 0.387 e. The highest BCUT2D eigenvalue weighted by atomic mass is 35.5. The standard InChI is InChI=1S/C15H16ClNO/c16-13-8-7-12(10-4-1-2-5-11(10)13)15(18)14-6-3-9-17-14/h1-2,4-5,7-8,14-15,17-18H,3,6,9H2. The van der Waals surface area contributed by atoms with E-state index in [4.69, 9.17) is 11.6 Å². The minimum atomic E-state index is -0.463. The van der Waals surface area contributed by atoms with Gasteiger partial charge in [0.05, 0.1) is 6.10 Å². The number of hydrogen-bond acceptors (Lipinski definition) is 2. The van der Waals surface area contributed by atoms with Crippen LogP contribution in [0.1, 0.15) is 24.5 Å². The maximum atomic E-state index is 10.5. The van der Waals surface area contributed by atoms with Crippen LogP contribution in [0, 0.1) is 0 Å². The van der Waals surface area contributed by atoms with Crippen LogP contribution in [0.2, 0.25) is 5.02 Å². The van der Waals surface area contributed by atoms with Crippen molar-refractivity contribution in [3.63, 3.8) is 0 Å². The predicted molar refractivity (Wildman–Crippen MR) is 74.9 cm³/mol. The van der Waals surface area contributed by atoms with Gasteiger partial charge in [0.2, 0.25) is 0 Å². The lowest BCUT2D eigenvalue weighted by molar-refractivity contribution is 0.139. The fraction of sp³-hybridized carbons (Fsp3) is 0.333. The summed E-state index contributed by atoms with van der Waals surface area (Å²) in [6.07, 6.45) is 1.69. The summed E-state index contributed by atoms with van der Waals surface area (Å²) < 4.78 is 0. The summed E-state index contributed by atoms with van der Waals surface area (Å²) >= 11 is 6.20. The van der Waals surface area contributed by atoms with Gasteiger partial charge in [-0.1, -0.05) is 41.9 Å². The molecular formula is C15H16ClNO. The molecule has 1 saturated heterocycles. The van der Waals surface area contributed by atoms with Crippen LogP contribution in [0.15, 0.2) is 36.4 Å². The molecule has 0 radical (unpaired) electrons. The molecule has 0 aliphatic carbocycles.